The van der Waals surface area contributed by atoms with Gasteiger partial charge in [-0.15, -0.1) is 11.8 Å². The number of benzene rings is 1. The van der Waals surface area contributed by atoms with Crippen molar-refractivity contribution in [3.63, 3.8) is 0 Å². The van der Waals surface area contributed by atoms with E-state index in [4.69, 9.17) is 0 Å². The molecule has 2 aliphatic rings. The number of carbonyl (C=O) groups excluding carboxylic acids is 2. The van der Waals surface area contributed by atoms with E-state index in [1.807, 2.05) is 58.0 Å². The second-order valence-corrected chi connectivity index (χ2v) is 9.70. The lowest BCUT2D eigenvalue weighted by atomic mass is 10.0. The zero-order chi connectivity index (χ0) is 22.9. The molecule has 0 radical (unpaired) electrons. The number of carboxylic acids is 1. The molecule has 5 unspecified atom stereocenters. The number of amides is 2. The Morgan fingerprint density at radius 2 is 2.00 bits per heavy atom. The highest BCUT2D eigenvalue weighted by molar-refractivity contribution is 8.01. The zero-order valence-corrected chi connectivity index (χ0v) is 18.9. The minimum atomic E-state index is -1.51. The molecule has 1 saturated heterocycles. The SMILES string of the molecule is CCN1C(=O)C(C(C)CNc2cccc(NC(=O)C(C)C)c2)SC2C1C2(C#N)C(=O)O. The molecular formula is C22H28N4O4S. The highest BCUT2D eigenvalue weighted by atomic mass is 32.2. The van der Waals surface area contributed by atoms with Crippen LogP contribution in [0.2, 0.25) is 0 Å². The van der Waals surface area contributed by atoms with Crippen molar-refractivity contribution < 1.29 is 19.5 Å². The van der Waals surface area contributed by atoms with Crippen molar-refractivity contribution in [2.24, 2.45) is 17.3 Å². The van der Waals surface area contributed by atoms with Crippen LogP contribution in [0.3, 0.4) is 0 Å². The summed E-state index contributed by atoms with van der Waals surface area (Å²) in [6, 6.07) is 8.77. The monoisotopic (exact) mass is 444 g/mol. The summed E-state index contributed by atoms with van der Waals surface area (Å²) in [4.78, 5) is 38.3. The lowest BCUT2D eigenvalue weighted by Gasteiger charge is -2.33. The summed E-state index contributed by atoms with van der Waals surface area (Å²) in [6.45, 7) is 8.28. The first-order valence-corrected chi connectivity index (χ1v) is 11.4. The standard InChI is InChI=1S/C22H28N4O4S/c1-5-26-17-18(22(17,11-23)21(29)30)31-16(20(26)28)13(4)10-24-14-7-6-8-15(9-14)25-19(27)12(2)3/h6-9,12-13,16-18,24H,5,10H2,1-4H3,(H,25,27)(H,29,30). The van der Waals surface area contributed by atoms with E-state index < -0.39 is 27.9 Å². The average Bonchev–Trinajstić information content (AvgIpc) is 3.40. The van der Waals surface area contributed by atoms with Gasteiger partial charge >= 0.3 is 5.97 Å². The van der Waals surface area contributed by atoms with Crippen LogP contribution in [0.4, 0.5) is 11.4 Å². The Labute approximate surface area is 186 Å². The third-order valence-corrected chi connectivity index (χ3v) is 7.81. The molecule has 166 valence electrons. The molecule has 9 heteroatoms. The molecule has 1 aromatic carbocycles. The lowest BCUT2D eigenvalue weighted by molar-refractivity contribution is -0.142. The van der Waals surface area contributed by atoms with Crippen LogP contribution in [0.25, 0.3) is 0 Å². The number of aliphatic carboxylic acids is 1. The van der Waals surface area contributed by atoms with Gasteiger partial charge in [-0.3, -0.25) is 14.4 Å². The molecule has 1 heterocycles. The lowest BCUT2D eigenvalue weighted by Crippen LogP contribution is -2.47. The molecule has 3 rings (SSSR count). The topological polar surface area (TPSA) is 123 Å². The van der Waals surface area contributed by atoms with Crippen molar-refractivity contribution in [1.29, 1.82) is 5.26 Å². The molecule has 5 atom stereocenters. The first-order chi connectivity index (χ1) is 14.7. The third kappa shape index (κ3) is 4.09. The molecule has 2 amide bonds. The number of nitrogens with one attached hydrogen (secondary N) is 2. The minimum absolute atomic E-state index is 0.0622. The Morgan fingerprint density at radius 3 is 2.58 bits per heavy atom. The summed E-state index contributed by atoms with van der Waals surface area (Å²) >= 11 is 1.31. The molecular weight excluding hydrogens is 416 g/mol. The highest BCUT2D eigenvalue weighted by Crippen LogP contribution is 2.61. The second-order valence-electron chi connectivity index (χ2n) is 8.42. The van der Waals surface area contributed by atoms with Crippen LogP contribution in [-0.2, 0) is 14.4 Å². The van der Waals surface area contributed by atoms with Gasteiger partial charge in [0.2, 0.25) is 11.8 Å². The van der Waals surface area contributed by atoms with Gasteiger partial charge < -0.3 is 20.6 Å². The predicted octanol–water partition coefficient (Wildman–Crippen LogP) is 2.64. The van der Waals surface area contributed by atoms with E-state index in [1.54, 1.807) is 4.90 Å². The molecule has 0 bridgehead atoms. The Bertz CT molecular complexity index is 930. The average molecular weight is 445 g/mol. The van der Waals surface area contributed by atoms with Crippen LogP contribution in [-0.4, -0.2) is 57.4 Å². The maximum Gasteiger partial charge on any atom is 0.327 e. The summed E-state index contributed by atoms with van der Waals surface area (Å²) < 4.78 is 0. The Kier molecular flexibility index (Phi) is 6.51. The quantitative estimate of drug-likeness (QED) is 0.563. The number of hydrogen-bond acceptors (Lipinski definition) is 6. The number of carboxylic acid groups (broad SMARTS) is 1. The molecule has 8 nitrogen and oxygen atoms in total. The van der Waals surface area contributed by atoms with Crippen LogP contribution in [0.5, 0.6) is 0 Å². The van der Waals surface area contributed by atoms with Crippen molar-refractivity contribution in [2.75, 3.05) is 23.7 Å². The maximum atomic E-state index is 13.0. The molecule has 1 aromatic rings. The highest BCUT2D eigenvalue weighted by Gasteiger charge is 2.77. The zero-order valence-electron chi connectivity index (χ0n) is 18.1. The maximum absolute atomic E-state index is 13.0. The number of nitriles is 1. The van der Waals surface area contributed by atoms with Crippen molar-refractivity contribution >= 4 is 40.9 Å². The van der Waals surface area contributed by atoms with Gasteiger partial charge in [0, 0.05) is 30.4 Å². The first-order valence-electron chi connectivity index (χ1n) is 10.4. The van der Waals surface area contributed by atoms with E-state index in [-0.39, 0.29) is 23.7 Å². The molecule has 0 spiro atoms. The fourth-order valence-electron chi connectivity index (χ4n) is 3.98. The number of nitrogens with zero attached hydrogens (tertiary/aromatic N) is 2. The fraction of sp³-hybridized carbons (Fsp3) is 0.545. The van der Waals surface area contributed by atoms with Gasteiger partial charge in [0.25, 0.3) is 0 Å². The number of carbonyl (C=O) groups is 3. The van der Waals surface area contributed by atoms with Crippen molar-refractivity contribution in [3.05, 3.63) is 24.3 Å². The van der Waals surface area contributed by atoms with Gasteiger partial charge in [0.05, 0.1) is 22.6 Å². The number of fused-ring (bicyclic) bond motifs is 1. The van der Waals surface area contributed by atoms with Gasteiger partial charge in [-0.25, -0.2) is 0 Å². The van der Waals surface area contributed by atoms with Gasteiger partial charge in [-0.05, 0) is 31.0 Å². The smallest absolute Gasteiger partial charge is 0.327 e. The van der Waals surface area contributed by atoms with Crippen LogP contribution in [0.15, 0.2) is 24.3 Å². The van der Waals surface area contributed by atoms with E-state index in [1.165, 1.54) is 11.8 Å². The number of hydrogen-bond donors (Lipinski definition) is 3. The number of rotatable bonds is 8. The van der Waals surface area contributed by atoms with Crippen molar-refractivity contribution in [3.8, 4) is 6.07 Å². The summed E-state index contributed by atoms with van der Waals surface area (Å²) in [6.07, 6.45) is 0. The minimum Gasteiger partial charge on any atom is -0.480 e. The summed E-state index contributed by atoms with van der Waals surface area (Å²) in [5.41, 5.74) is -0.00537. The van der Waals surface area contributed by atoms with E-state index in [0.717, 1.165) is 5.69 Å². The number of anilines is 2. The van der Waals surface area contributed by atoms with Gasteiger partial charge in [0.15, 0.2) is 5.41 Å². The van der Waals surface area contributed by atoms with Crippen LogP contribution < -0.4 is 10.6 Å². The molecule has 1 aliphatic heterocycles. The molecule has 0 aromatic heterocycles. The second kappa shape index (κ2) is 8.79. The molecule has 31 heavy (non-hydrogen) atoms. The molecule has 1 saturated carbocycles. The predicted molar refractivity (Wildman–Crippen MR) is 120 cm³/mol. The molecule has 3 N–H and O–H groups in total. The van der Waals surface area contributed by atoms with E-state index in [9.17, 15) is 24.8 Å². The van der Waals surface area contributed by atoms with Gasteiger partial charge in [-0.2, -0.15) is 5.26 Å². The van der Waals surface area contributed by atoms with E-state index in [0.29, 0.717) is 18.8 Å². The summed E-state index contributed by atoms with van der Waals surface area (Å²) in [5.74, 6) is -1.54. The normalized spacial score (nSPS) is 27.8. The third-order valence-electron chi connectivity index (χ3n) is 5.93. The largest absolute Gasteiger partial charge is 0.480 e. The Hall–Kier alpha value is -2.73. The fourth-order valence-corrected chi connectivity index (χ4v) is 5.85. The Morgan fingerprint density at radius 1 is 1.32 bits per heavy atom. The van der Waals surface area contributed by atoms with Crippen LogP contribution in [0.1, 0.15) is 27.7 Å². The molecule has 2 fully saturated rings. The summed E-state index contributed by atoms with van der Waals surface area (Å²) in [5, 5.41) is 24.5. The van der Waals surface area contributed by atoms with E-state index >= 15 is 0 Å². The van der Waals surface area contributed by atoms with E-state index in [2.05, 4.69) is 10.6 Å². The first kappa shape index (κ1) is 22.9. The van der Waals surface area contributed by atoms with Crippen molar-refractivity contribution in [1.82, 2.24) is 4.90 Å². The molecule has 1 aliphatic carbocycles. The summed E-state index contributed by atoms with van der Waals surface area (Å²) in [7, 11) is 0. The number of thioether (sulfide) groups is 1. The van der Waals surface area contributed by atoms with Crippen LogP contribution >= 0.6 is 11.8 Å². The van der Waals surface area contributed by atoms with Crippen molar-refractivity contribution in [2.45, 2.75) is 44.2 Å². The Balaban J connectivity index is 1.67. The van der Waals surface area contributed by atoms with Gasteiger partial charge in [-0.1, -0.05) is 26.8 Å². The van der Waals surface area contributed by atoms with Gasteiger partial charge in [0.1, 0.15) is 0 Å². The van der Waals surface area contributed by atoms with Crippen LogP contribution in [0, 0.1) is 28.6 Å².